The summed E-state index contributed by atoms with van der Waals surface area (Å²) >= 11 is 6.07. The van der Waals surface area contributed by atoms with Crippen molar-refractivity contribution in [2.45, 2.75) is 26.2 Å². The number of nitrogens with zero attached hydrogens (tertiary/aromatic N) is 2. The monoisotopic (exact) mass is 215 g/mol. The summed E-state index contributed by atoms with van der Waals surface area (Å²) in [4.78, 5) is 4.36. The van der Waals surface area contributed by atoms with Gasteiger partial charge in [0.05, 0.1) is 5.69 Å². The van der Waals surface area contributed by atoms with E-state index in [0.717, 1.165) is 24.5 Å². The number of rotatable bonds is 4. The summed E-state index contributed by atoms with van der Waals surface area (Å²) in [5.74, 6) is 1.47. The van der Waals surface area contributed by atoms with Gasteiger partial charge >= 0.3 is 0 Å². The first-order valence-electron chi connectivity index (χ1n) is 4.93. The molecule has 0 spiro atoms. The van der Waals surface area contributed by atoms with Crippen molar-refractivity contribution in [3.05, 3.63) is 16.7 Å². The quantitative estimate of drug-likeness (QED) is 0.832. The van der Waals surface area contributed by atoms with Crippen LogP contribution in [-0.4, -0.2) is 23.1 Å². The number of nitrogens with one attached hydrogen (secondary N) is 1. The average molecular weight is 216 g/mol. The highest BCUT2D eigenvalue weighted by atomic mass is 35.5. The lowest BCUT2D eigenvalue weighted by Crippen LogP contribution is -2.13. The Balaban J connectivity index is 2.93. The number of aromatic nitrogens is 2. The Hall–Kier alpha value is -0.540. The van der Waals surface area contributed by atoms with Crippen LogP contribution in [0, 0.1) is 0 Å². The van der Waals surface area contributed by atoms with Crippen LogP contribution in [0.2, 0.25) is 5.15 Å². The maximum Gasteiger partial charge on any atom is 0.150 e. The number of hydrogen-bond donors (Lipinski definition) is 1. The van der Waals surface area contributed by atoms with Gasteiger partial charge in [0, 0.05) is 25.9 Å². The van der Waals surface area contributed by atoms with Crippen LogP contribution in [0.5, 0.6) is 0 Å². The fourth-order valence-corrected chi connectivity index (χ4v) is 1.86. The van der Waals surface area contributed by atoms with Gasteiger partial charge < -0.3 is 9.88 Å². The number of hydrogen-bond acceptors (Lipinski definition) is 2. The molecule has 0 radical (unpaired) electrons. The van der Waals surface area contributed by atoms with E-state index in [0.29, 0.717) is 11.1 Å². The summed E-state index contributed by atoms with van der Waals surface area (Å²) < 4.78 is 2.10. The summed E-state index contributed by atoms with van der Waals surface area (Å²) in [6, 6.07) is 0. The molecule has 0 amide bonds. The average Bonchev–Trinajstić information content (AvgIpc) is 2.40. The van der Waals surface area contributed by atoms with Crippen molar-refractivity contribution in [2.75, 3.05) is 13.6 Å². The molecule has 0 aliphatic rings. The van der Waals surface area contributed by atoms with Crippen molar-refractivity contribution in [1.82, 2.24) is 14.9 Å². The second-order valence-electron chi connectivity index (χ2n) is 3.77. The van der Waals surface area contributed by atoms with Crippen molar-refractivity contribution in [3.63, 3.8) is 0 Å². The lowest BCUT2D eigenvalue weighted by molar-refractivity contribution is 0.673. The van der Waals surface area contributed by atoms with Gasteiger partial charge in [-0.2, -0.15) is 0 Å². The highest BCUT2D eigenvalue weighted by Gasteiger charge is 2.14. The maximum absolute atomic E-state index is 6.07. The van der Waals surface area contributed by atoms with Crippen LogP contribution in [0.1, 0.15) is 31.3 Å². The normalized spacial score (nSPS) is 11.3. The topological polar surface area (TPSA) is 29.9 Å². The van der Waals surface area contributed by atoms with E-state index >= 15 is 0 Å². The largest absolute Gasteiger partial charge is 0.333 e. The third-order valence-corrected chi connectivity index (χ3v) is 2.63. The molecule has 1 aromatic rings. The molecule has 0 aliphatic carbocycles. The minimum absolute atomic E-state index is 0.417. The first kappa shape index (κ1) is 11.5. The Kier molecular flexibility index (Phi) is 3.96. The maximum atomic E-state index is 6.07. The van der Waals surface area contributed by atoms with Gasteiger partial charge in [0.2, 0.25) is 0 Å². The van der Waals surface area contributed by atoms with Gasteiger partial charge in [0.25, 0.3) is 0 Å². The Morgan fingerprint density at radius 1 is 1.50 bits per heavy atom. The third kappa shape index (κ3) is 2.28. The minimum atomic E-state index is 0.417. The Morgan fingerprint density at radius 2 is 2.14 bits per heavy atom. The van der Waals surface area contributed by atoms with Gasteiger partial charge in [-0.05, 0) is 7.05 Å². The van der Waals surface area contributed by atoms with E-state index in [2.05, 4.69) is 28.7 Å². The van der Waals surface area contributed by atoms with E-state index in [4.69, 9.17) is 11.6 Å². The molecule has 4 heteroatoms. The number of likely N-dealkylation sites (N-methyl/N-ethyl adjacent to an activating group) is 1. The van der Waals surface area contributed by atoms with E-state index in [-0.39, 0.29) is 0 Å². The van der Waals surface area contributed by atoms with E-state index in [1.807, 2.05) is 14.1 Å². The van der Waals surface area contributed by atoms with Gasteiger partial charge in [-0.3, -0.25) is 0 Å². The van der Waals surface area contributed by atoms with E-state index in [9.17, 15) is 0 Å². The van der Waals surface area contributed by atoms with E-state index < -0.39 is 0 Å². The van der Waals surface area contributed by atoms with Crippen LogP contribution >= 0.6 is 11.6 Å². The van der Waals surface area contributed by atoms with Gasteiger partial charge in [-0.15, -0.1) is 0 Å². The third-order valence-electron chi connectivity index (χ3n) is 2.33. The first-order valence-corrected chi connectivity index (χ1v) is 5.31. The number of imidazole rings is 1. The molecule has 0 saturated heterocycles. The summed E-state index contributed by atoms with van der Waals surface area (Å²) in [6.07, 6.45) is 0.922. The molecule has 1 aromatic heterocycles. The van der Waals surface area contributed by atoms with Gasteiger partial charge in [-0.1, -0.05) is 25.4 Å². The van der Waals surface area contributed by atoms with Crippen LogP contribution in [0.4, 0.5) is 0 Å². The van der Waals surface area contributed by atoms with Crippen molar-refractivity contribution in [3.8, 4) is 0 Å². The molecule has 0 aliphatic heterocycles. The standard InChI is InChI=1S/C10H18ClN3/c1-7(2)10-13-9(11)8(14(10)4)5-6-12-3/h7,12H,5-6H2,1-4H3. The molecule has 14 heavy (non-hydrogen) atoms. The zero-order valence-corrected chi connectivity index (χ0v) is 10.0. The zero-order valence-electron chi connectivity index (χ0n) is 9.26. The minimum Gasteiger partial charge on any atom is -0.333 e. The van der Waals surface area contributed by atoms with Crippen LogP contribution in [0.15, 0.2) is 0 Å². The molecule has 1 rings (SSSR count). The SMILES string of the molecule is CNCCc1c(Cl)nc(C(C)C)n1C. The zero-order chi connectivity index (χ0) is 10.7. The molecule has 0 unspecified atom stereocenters. The summed E-state index contributed by atoms with van der Waals surface area (Å²) in [6.45, 7) is 5.18. The molecular formula is C10H18ClN3. The smallest absolute Gasteiger partial charge is 0.150 e. The first-order chi connectivity index (χ1) is 6.57. The molecule has 0 bridgehead atoms. The van der Waals surface area contributed by atoms with Crippen molar-refractivity contribution < 1.29 is 0 Å². The molecule has 0 atom stereocenters. The molecule has 1 N–H and O–H groups in total. The fraction of sp³-hybridized carbons (Fsp3) is 0.700. The predicted molar refractivity (Wildman–Crippen MR) is 59.9 cm³/mol. The molecular weight excluding hydrogens is 198 g/mol. The Bertz CT molecular complexity index is 305. The molecule has 3 nitrogen and oxygen atoms in total. The Morgan fingerprint density at radius 3 is 2.57 bits per heavy atom. The lowest BCUT2D eigenvalue weighted by Gasteiger charge is -2.07. The molecule has 80 valence electrons. The van der Waals surface area contributed by atoms with E-state index in [1.54, 1.807) is 0 Å². The second-order valence-corrected chi connectivity index (χ2v) is 4.13. The van der Waals surface area contributed by atoms with Crippen molar-refractivity contribution >= 4 is 11.6 Å². The van der Waals surface area contributed by atoms with Crippen molar-refractivity contribution in [2.24, 2.45) is 7.05 Å². The lowest BCUT2D eigenvalue weighted by atomic mass is 10.2. The number of halogens is 1. The van der Waals surface area contributed by atoms with Gasteiger partial charge in [-0.25, -0.2) is 4.98 Å². The molecule has 1 heterocycles. The van der Waals surface area contributed by atoms with Gasteiger partial charge in [0.15, 0.2) is 5.15 Å². The van der Waals surface area contributed by atoms with Crippen LogP contribution < -0.4 is 5.32 Å². The molecule has 0 saturated carbocycles. The summed E-state index contributed by atoms with van der Waals surface area (Å²) in [7, 11) is 3.97. The Labute approximate surface area is 90.5 Å². The van der Waals surface area contributed by atoms with Gasteiger partial charge in [0.1, 0.15) is 5.82 Å². The van der Waals surface area contributed by atoms with Crippen molar-refractivity contribution in [1.29, 1.82) is 0 Å². The summed E-state index contributed by atoms with van der Waals surface area (Å²) in [5.41, 5.74) is 1.12. The van der Waals surface area contributed by atoms with Crippen LogP contribution in [0.3, 0.4) is 0 Å². The molecule has 0 aromatic carbocycles. The predicted octanol–water partition coefficient (Wildman–Crippen LogP) is 1.96. The van der Waals surface area contributed by atoms with Crippen LogP contribution in [0.25, 0.3) is 0 Å². The fourth-order valence-electron chi connectivity index (χ4n) is 1.55. The molecule has 0 fully saturated rings. The summed E-state index contributed by atoms with van der Waals surface area (Å²) in [5, 5.41) is 3.75. The highest BCUT2D eigenvalue weighted by molar-refractivity contribution is 6.30. The highest BCUT2D eigenvalue weighted by Crippen LogP contribution is 2.21. The van der Waals surface area contributed by atoms with Crippen LogP contribution in [-0.2, 0) is 13.5 Å². The second kappa shape index (κ2) is 4.80. The van der Waals surface area contributed by atoms with E-state index in [1.165, 1.54) is 0 Å².